The SMILES string of the molecule is Nc1c(C(=O)N2CCCC2)sc2ccc(Br)cc12. The van der Waals surface area contributed by atoms with Crippen LogP contribution in [-0.2, 0) is 0 Å². The van der Waals surface area contributed by atoms with E-state index in [4.69, 9.17) is 5.73 Å². The Balaban J connectivity index is 2.06. The molecule has 0 spiro atoms. The third-order valence-corrected chi connectivity index (χ3v) is 4.94. The number of anilines is 1. The first kappa shape index (κ1) is 12.0. The smallest absolute Gasteiger partial charge is 0.266 e. The highest BCUT2D eigenvalue weighted by Crippen LogP contribution is 2.36. The van der Waals surface area contributed by atoms with Crippen molar-refractivity contribution in [2.45, 2.75) is 12.8 Å². The molecule has 3 rings (SSSR count). The van der Waals surface area contributed by atoms with Gasteiger partial charge in [-0.05, 0) is 31.0 Å². The second kappa shape index (κ2) is 4.55. The first-order chi connectivity index (χ1) is 8.66. The zero-order chi connectivity index (χ0) is 12.7. The number of nitrogens with zero attached hydrogens (tertiary/aromatic N) is 1. The van der Waals surface area contributed by atoms with Crippen molar-refractivity contribution in [1.82, 2.24) is 4.90 Å². The summed E-state index contributed by atoms with van der Waals surface area (Å²) < 4.78 is 2.05. The third kappa shape index (κ3) is 1.91. The van der Waals surface area contributed by atoms with Gasteiger partial charge in [0.25, 0.3) is 5.91 Å². The fraction of sp³-hybridized carbons (Fsp3) is 0.308. The molecule has 2 heterocycles. The number of hydrogen-bond donors (Lipinski definition) is 1. The van der Waals surface area contributed by atoms with Crippen molar-refractivity contribution in [1.29, 1.82) is 0 Å². The molecule has 1 saturated heterocycles. The van der Waals surface area contributed by atoms with Crippen LogP contribution in [0.25, 0.3) is 10.1 Å². The summed E-state index contributed by atoms with van der Waals surface area (Å²) in [4.78, 5) is 15.0. The monoisotopic (exact) mass is 324 g/mol. The number of carbonyl (C=O) groups excluding carboxylic acids is 1. The summed E-state index contributed by atoms with van der Waals surface area (Å²) in [5.74, 6) is 0.0855. The average molecular weight is 325 g/mol. The minimum absolute atomic E-state index is 0.0855. The van der Waals surface area contributed by atoms with Crippen LogP contribution in [0.2, 0.25) is 0 Å². The predicted octanol–water partition coefficient (Wildman–Crippen LogP) is 3.48. The van der Waals surface area contributed by atoms with Crippen molar-refractivity contribution in [3.63, 3.8) is 0 Å². The zero-order valence-corrected chi connectivity index (χ0v) is 12.2. The largest absolute Gasteiger partial charge is 0.397 e. The Bertz CT molecular complexity index is 617. The van der Waals surface area contributed by atoms with Gasteiger partial charge >= 0.3 is 0 Å². The van der Waals surface area contributed by atoms with Gasteiger partial charge in [-0.2, -0.15) is 0 Å². The molecule has 1 aliphatic rings. The van der Waals surface area contributed by atoms with E-state index >= 15 is 0 Å². The molecule has 2 aromatic rings. The van der Waals surface area contributed by atoms with Crippen molar-refractivity contribution in [3.8, 4) is 0 Å². The van der Waals surface area contributed by atoms with Crippen LogP contribution in [0, 0.1) is 0 Å². The molecule has 0 unspecified atom stereocenters. The van der Waals surface area contributed by atoms with Crippen LogP contribution >= 0.6 is 27.3 Å². The lowest BCUT2D eigenvalue weighted by molar-refractivity contribution is 0.0798. The first-order valence-corrected chi connectivity index (χ1v) is 7.54. The molecule has 0 aliphatic carbocycles. The number of fused-ring (bicyclic) bond motifs is 1. The lowest BCUT2D eigenvalue weighted by Gasteiger charge is -2.14. The van der Waals surface area contributed by atoms with Gasteiger partial charge in [0.2, 0.25) is 0 Å². The van der Waals surface area contributed by atoms with Gasteiger partial charge in [0.05, 0.1) is 5.69 Å². The number of amides is 1. The van der Waals surface area contributed by atoms with Crippen molar-refractivity contribution in [3.05, 3.63) is 27.5 Å². The Hall–Kier alpha value is -1.07. The fourth-order valence-corrected chi connectivity index (χ4v) is 3.74. The molecule has 3 nitrogen and oxygen atoms in total. The highest BCUT2D eigenvalue weighted by Gasteiger charge is 2.24. The number of nitrogens with two attached hydrogens (primary N) is 1. The molecule has 2 N–H and O–H groups in total. The summed E-state index contributed by atoms with van der Waals surface area (Å²) in [6.45, 7) is 1.71. The van der Waals surface area contributed by atoms with Gasteiger partial charge < -0.3 is 10.6 Å². The van der Waals surface area contributed by atoms with E-state index in [-0.39, 0.29) is 5.91 Å². The van der Waals surface area contributed by atoms with E-state index in [1.807, 2.05) is 23.1 Å². The Morgan fingerprint density at radius 1 is 1.33 bits per heavy atom. The summed E-state index contributed by atoms with van der Waals surface area (Å²) in [6.07, 6.45) is 2.20. The summed E-state index contributed by atoms with van der Waals surface area (Å²) in [7, 11) is 0. The maximum absolute atomic E-state index is 12.4. The molecule has 5 heteroatoms. The van der Waals surface area contributed by atoms with E-state index in [1.165, 1.54) is 11.3 Å². The van der Waals surface area contributed by atoms with E-state index in [0.717, 1.165) is 40.5 Å². The number of nitrogen functional groups attached to an aromatic ring is 1. The molecular formula is C13H13BrN2OS. The lowest BCUT2D eigenvalue weighted by atomic mass is 10.2. The van der Waals surface area contributed by atoms with E-state index < -0.39 is 0 Å². The summed E-state index contributed by atoms with van der Waals surface area (Å²) in [5, 5.41) is 0.969. The summed E-state index contributed by atoms with van der Waals surface area (Å²) in [6, 6.07) is 5.95. The van der Waals surface area contributed by atoms with Crippen LogP contribution in [0.1, 0.15) is 22.5 Å². The van der Waals surface area contributed by atoms with Crippen LogP contribution < -0.4 is 5.73 Å². The van der Waals surface area contributed by atoms with Gasteiger partial charge in [-0.25, -0.2) is 0 Å². The van der Waals surface area contributed by atoms with E-state index in [0.29, 0.717) is 10.6 Å². The fourth-order valence-electron chi connectivity index (χ4n) is 2.31. The Labute approximate surface area is 118 Å². The van der Waals surface area contributed by atoms with Gasteiger partial charge in [0, 0.05) is 27.6 Å². The molecule has 0 radical (unpaired) electrons. The number of rotatable bonds is 1. The maximum Gasteiger partial charge on any atom is 0.266 e. The number of carbonyl (C=O) groups is 1. The molecule has 1 fully saturated rings. The van der Waals surface area contributed by atoms with Crippen molar-refractivity contribution in [2.75, 3.05) is 18.8 Å². The number of likely N-dealkylation sites (tertiary alicyclic amines) is 1. The molecule has 1 aromatic heterocycles. The quantitative estimate of drug-likeness (QED) is 0.872. The molecule has 18 heavy (non-hydrogen) atoms. The van der Waals surface area contributed by atoms with Crippen LogP contribution in [0.15, 0.2) is 22.7 Å². The molecule has 94 valence electrons. The number of benzene rings is 1. The van der Waals surface area contributed by atoms with Gasteiger partial charge in [-0.3, -0.25) is 4.79 Å². The minimum Gasteiger partial charge on any atom is -0.397 e. The molecule has 0 atom stereocenters. The molecular weight excluding hydrogens is 312 g/mol. The number of hydrogen-bond acceptors (Lipinski definition) is 3. The van der Waals surface area contributed by atoms with Crippen LogP contribution in [0.5, 0.6) is 0 Å². The first-order valence-electron chi connectivity index (χ1n) is 5.93. The molecule has 1 aromatic carbocycles. The molecule has 1 amide bonds. The average Bonchev–Trinajstić information content (AvgIpc) is 2.98. The van der Waals surface area contributed by atoms with Crippen LogP contribution in [0.4, 0.5) is 5.69 Å². The number of halogens is 1. The second-order valence-electron chi connectivity index (χ2n) is 4.48. The van der Waals surface area contributed by atoms with Gasteiger partial charge in [0.1, 0.15) is 4.88 Å². The highest BCUT2D eigenvalue weighted by atomic mass is 79.9. The Kier molecular flexibility index (Phi) is 3.03. The Morgan fingerprint density at radius 3 is 2.78 bits per heavy atom. The van der Waals surface area contributed by atoms with Crippen molar-refractivity contribution < 1.29 is 4.79 Å². The van der Waals surface area contributed by atoms with Crippen LogP contribution in [-0.4, -0.2) is 23.9 Å². The topological polar surface area (TPSA) is 46.3 Å². The van der Waals surface area contributed by atoms with Crippen molar-refractivity contribution in [2.24, 2.45) is 0 Å². The molecule has 0 bridgehead atoms. The second-order valence-corrected chi connectivity index (χ2v) is 6.45. The zero-order valence-electron chi connectivity index (χ0n) is 9.78. The van der Waals surface area contributed by atoms with Gasteiger partial charge in [-0.1, -0.05) is 15.9 Å². The van der Waals surface area contributed by atoms with Crippen LogP contribution in [0.3, 0.4) is 0 Å². The third-order valence-electron chi connectivity index (χ3n) is 3.28. The van der Waals surface area contributed by atoms with E-state index in [1.54, 1.807) is 0 Å². The Morgan fingerprint density at radius 2 is 2.06 bits per heavy atom. The standard InChI is InChI=1S/C13H13BrN2OS/c14-8-3-4-10-9(7-8)11(15)12(18-10)13(17)16-5-1-2-6-16/h3-4,7H,1-2,5-6,15H2. The summed E-state index contributed by atoms with van der Waals surface area (Å²) >= 11 is 4.92. The van der Waals surface area contributed by atoms with E-state index in [2.05, 4.69) is 15.9 Å². The number of thiophene rings is 1. The normalized spacial score (nSPS) is 15.5. The highest BCUT2D eigenvalue weighted by molar-refractivity contribution is 9.10. The minimum atomic E-state index is 0.0855. The lowest BCUT2D eigenvalue weighted by Crippen LogP contribution is -2.27. The summed E-state index contributed by atoms with van der Waals surface area (Å²) in [5.41, 5.74) is 6.74. The maximum atomic E-state index is 12.4. The molecule has 0 saturated carbocycles. The van der Waals surface area contributed by atoms with Gasteiger partial charge in [-0.15, -0.1) is 11.3 Å². The van der Waals surface area contributed by atoms with Gasteiger partial charge in [0.15, 0.2) is 0 Å². The molecule has 1 aliphatic heterocycles. The van der Waals surface area contributed by atoms with Crippen molar-refractivity contribution >= 4 is 48.9 Å². The van der Waals surface area contributed by atoms with E-state index in [9.17, 15) is 4.79 Å². The predicted molar refractivity (Wildman–Crippen MR) is 79.1 cm³/mol.